The smallest absolute Gasteiger partial charge is 0.148 e. The van der Waals surface area contributed by atoms with Gasteiger partial charge in [-0.15, -0.1) is 0 Å². The molecule has 0 fully saturated rings. The highest BCUT2D eigenvalue weighted by atomic mass is 35.5. The lowest BCUT2D eigenvalue weighted by Gasteiger charge is -2.21. The van der Waals surface area contributed by atoms with Crippen LogP contribution in [0, 0.1) is 0 Å². The first-order chi connectivity index (χ1) is 9.11. The summed E-state index contributed by atoms with van der Waals surface area (Å²) < 4.78 is 7.58. The lowest BCUT2D eigenvalue weighted by Crippen LogP contribution is -2.24. The Bertz CT molecular complexity index is 542. The van der Waals surface area contributed by atoms with Crippen molar-refractivity contribution in [2.45, 2.75) is 32.6 Å². The molecule has 1 aromatic heterocycles. The minimum absolute atomic E-state index is 0.411. The molecule has 0 radical (unpaired) electrons. The Balaban J connectivity index is 2.09. The first-order valence-electron chi connectivity index (χ1n) is 6.23. The standard InChI is InChI=1S/C14H17ClN2O2/c1-3-17-8-7-16-14(17)13(18)10(2)19-12-6-4-5-11(15)9-12/h4-10,13,18H,3H2,1-2H3. The molecule has 1 aromatic carbocycles. The van der Waals surface area contributed by atoms with Gasteiger partial charge in [-0.05, 0) is 32.0 Å². The monoisotopic (exact) mass is 280 g/mol. The first-order valence-corrected chi connectivity index (χ1v) is 6.61. The molecule has 0 aliphatic rings. The van der Waals surface area contributed by atoms with Crippen molar-refractivity contribution in [2.24, 2.45) is 0 Å². The zero-order valence-corrected chi connectivity index (χ0v) is 11.7. The molecular formula is C14H17ClN2O2. The molecule has 4 nitrogen and oxygen atoms in total. The van der Waals surface area contributed by atoms with E-state index in [0.717, 1.165) is 6.54 Å². The van der Waals surface area contributed by atoms with E-state index in [4.69, 9.17) is 16.3 Å². The van der Waals surface area contributed by atoms with Crippen LogP contribution in [0.5, 0.6) is 5.75 Å². The van der Waals surface area contributed by atoms with E-state index in [0.29, 0.717) is 16.6 Å². The van der Waals surface area contributed by atoms with E-state index in [9.17, 15) is 5.11 Å². The highest BCUT2D eigenvalue weighted by Gasteiger charge is 2.22. The minimum Gasteiger partial charge on any atom is -0.487 e. The number of aryl methyl sites for hydroxylation is 1. The zero-order valence-electron chi connectivity index (χ0n) is 11.0. The van der Waals surface area contributed by atoms with Crippen molar-refractivity contribution in [1.82, 2.24) is 9.55 Å². The number of halogens is 1. The quantitative estimate of drug-likeness (QED) is 0.916. The molecule has 0 bridgehead atoms. The molecule has 0 aliphatic heterocycles. The van der Waals surface area contributed by atoms with Crippen molar-refractivity contribution >= 4 is 11.6 Å². The fraction of sp³-hybridized carbons (Fsp3) is 0.357. The van der Waals surface area contributed by atoms with Crippen LogP contribution in [0.2, 0.25) is 5.02 Å². The molecule has 2 unspecified atom stereocenters. The third-order valence-corrected chi connectivity index (χ3v) is 3.15. The summed E-state index contributed by atoms with van der Waals surface area (Å²) in [6.07, 6.45) is 2.32. The summed E-state index contributed by atoms with van der Waals surface area (Å²) in [5.74, 6) is 1.24. The Morgan fingerprint density at radius 1 is 1.47 bits per heavy atom. The number of imidazole rings is 1. The van der Waals surface area contributed by atoms with Crippen LogP contribution in [0.25, 0.3) is 0 Å². The second-order valence-corrected chi connectivity index (χ2v) is 4.73. The zero-order chi connectivity index (χ0) is 13.8. The van der Waals surface area contributed by atoms with E-state index in [1.807, 2.05) is 23.8 Å². The maximum Gasteiger partial charge on any atom is 0.148 e. The number of nitrogens with zero attached hydrogens (tertiary/aromatic N) is 2. The highest BCUT2D eigenvalue weighted by Crippen LogP contribution is 2.23. The van der Waals surface area contributed by atoms with Crippen LogP contribution in [0.15, 0.2) is 36.7 Å². The van der Waals surface area contributed by atoms with Crippen molar-refractivity contribution in [3.8, 4) is 5.75 Å². The van der Waals surface area contributed by atoms with E-state index >= 15 is 0 Å². The normalized spacial score (nSPS) is 14.1. The number of hydrogen-bond donors (Lipinski definition) is 1. The Hall–Kier alpha value is -1.52. The molecule has 2 atom stereocenters. The number of aliphatic hydroxyl groups is 1. The average molecular weight is 281 g/mol. The molecule has 2 rings (SSSR count). The van der Waals surface area contributed by atoms with E-state index in [1.54, 1.807) is 31.3 Å². The molecule has 0 saturated heterocycles. The number of rotatable bonds is 5. The predicted molar refractivity (Wildman–Crippen MR) is 74.4 cm³/mol. The molecule has 0 spiro atoms. The Morgan fingerprint density at radius 2 is 2.26 bits per heavy atom. The topological polar surface area (TPSA) is 47.3 Å². The van der Waals surface area contributed by atoms with Gasteiger partial charge in [-0.2, -0.15) is 0 Å². The summed E-state index contributed by atoms with van der Waals surface area (Å²) >= 11 is 5.90. The van der Waals surface area contributed by atoms with Crippen molar-refractivity contribution in [1.29, 1.82) is 0 Å². The van der Waals surface area contributed by atoms with Crippen LogP contribution >= 0.6 is 11.6 Å². The fourth-order valence-corrected chi connectivity index (χ4v) is 2.06. The van der Waals surface area contributed by atoms with Gasteiger partial charge in [0, 0.05) is 24.0 Å². The lowest BCUT2D eigenvalue weighted by atomic mass is 10.2. The Labute approximate surface area is 117 Å². The molecule has 5 heteroatoms. The molecule has 19 heavy (non-hydrogen) atoms. The molecule has 1 heterocycles. The largest absolute Gasteiger partial charge is 0.487 e. The summed E-state index contributed by atoms with van der Waals surface area (Å²) in [7, 11) is 0. The van der Waals surface area contributed by atoms with Crippen LogP contribution in [0.1, 0.15) is 25.8 Å². The summed E-state index contributed by atoms with van der Waals surface area (Å²) in [5, 5.41) is 10.9. The maximum atomic E-state index is 10.3. The lowest BCUT2D eigenvalue weighted by molar-refractivity contribution is 0.0385. The van der Waals surface area contributed by atoms with Gasteiger partial charge in [0.05, 0.1) is 0 Å². The van der Waals surface area contributed by atoms with Gasteiger partial charge in [-0.25, -0.2) is 4.98 Å². The molecular weight excluding hydrogens is 264 g/mol. The average Bonchev–Trinajstić information content (AvgIpc) is 2.86. The van der Waals surface area contributed by atoms with Gasteiger partial charge in [0.1, 0.15) is 23.8 Å². The van der Waals surface area contributed by atoms with Crippen LogP contribution in [-0.2, 0) is 6.54 Å². The first kappa shape index (κ1) is 13.9. The van der Waals surface area contributed by atoms with Gasteiger partial charge in [0.15, 0.2) is 0 Å². The summed E-state index contributed by atoms with van der Waals surface area (Å²) in [4.78, 5) is 4.17. The van der Waals surface area contributed by atoms with Gasteiger partial charge < -0.3 is 14.4 Å². The third kappa shape index (κ3) is 3.28. The molecule has 0 saturated carbocycles. The van der Waals surface area contributed by atoms with Crippen LogP contribution < -0.4 is 4.74 Å². The molecule has 2 aromatic rings. The van der Waals surface area contributed by atoms with Crippen molar-refractivity contribution in [3.63, 3.8) is 0 Å². The van der Waals surface area contributed by atoms with Crippen molar-refractivity contribution < 1.29 is 9.84 Å². The van der Waals surface area contributed by atoms with Gasteiger partial charge in [-0.1, -0.05) is 17.7 Å². The van der Waals surface area contributed by atoms with E-state index in [-0.39, 0.29) is 0 Å². The SMILES string of the molecule is CCn1ccnc1C(O)C(C)Oc1cccc(Cl)c1. The molecule has 102 valence electrons. The van der Waals surface area contributed by atoms with Crippen molar-refractivity contribution in [2.75, 3.05) is 0 Å². The summed E-state index contributed by atoms with van der Waals surface area (Å²) in [6, 6.07) is 7.11. The van der Waals surface area contributed by atoms with E-state index < -0.39 is 12.2 Å². The second-order valence-electron chi connectivity index (χ2n) is 4.30. The number of benzene rings is 1. The van der Waals surface area contributed by atoms with Crippen LogP contribution in [-0.4, -0.2) is 20.8 Å². The van der Waals surface area contributed by atoms with E-state index in [2.05, 4.69) is 4.98 Å². The van der Waals surface area contributed by atoms with Gasteiger partial charge in [0.25, 0.3) is 0 Å². The summed E-state index contributed by atoms with van der Waals surface area (Å²) in [6.45, 7) is 4.57. The highest BCUT2D eigenvalue weighted by molar-refractivity contribution is 6.30. The Morgan fingerprint density at radius 3 is 2.95 bits per heavy atom. The molecule has 0 amide bonds. The minimum atomic E-state index is -0.783. The third-order valence-electron chi connectivity index (χ3n) is 2.92. The van der Waals surface area contributed by atoms with E-state index in [1.165, 1.54) is 0 Å². The number of ether oxygens (including phenoxy) is 1. The second kappa shape index (κ2) is 6.08. The van der Waals surface area contributed by atoms with Crippen LogP contribution in [0.4, 0.5) is 0 Å². The van der Waals surface area contributed by atoms with Gasteiger partial charge in [0.2, 0.25) is 0 Å². The number of aromatic nitrogens is 2. The molecule has 0 aliphatic carbocycles. The number of hydrogen-bond acceptors (Lipinski definition) is 3. The van der Waals surface area contributed by atoms with Crippen LogP contribution in [0.3, 0.4) is 0 Å². The number of aliphatic hydroxyl groups excluding tert-OH is 1. The fourth-order valence-electron chi connectivity index (χ4n) is 1.88. The Kier molecular flexibility index (Phi) is 4.45. The van der Waals surface area contributed by atoms with Gasteiger partial charge >= 0.3 is 0 Å². The predicted octanol–water partition coefficient (Wildman–Crippen LogP) is 3.06. The van der Waals surface area contributed by atoms with Gasteiger partial charge in [-0.3, -0.25) is 0 Å². The summed E-state index contributed by atoms with van der Waals surface area (Å²) in [5.41, 5.74) is 0. The molecule has 1 N–H and O–H groups in total. The van der Waals surface area contributed by atoms with Crippen molar-refractivity contribution in [3.05, 3.63) is 47.5 Å². The maximum absolute atomic E-state index is 10.3.